The second-order valence-corrected chi connectivity index (χ2v) is 4.49. The Balaban J connectivity index is 2.56. The largest absolute Gasteiger partial charge is 0.504 e. The van der Waals surface area contributed by atoms with E-state index in [2.05, 4.69) is 0 Å². The highest BCUT2D eigenvalue weighted by Gasteiger charge is 2.11. The maximum absolute atomic E-state index is 11.0. The molecule has 5 nitrogen and oxygen atoms in total. The summed E-state index contributed by atoms with van der Waals surface area (Å²) in [5.41, 5.74) is 2.00. The summed E-state index contributed by atoms with van der Waals surface area (Å²) in [4.78, 5) is 11.0. The van der Waals surface area contributed by atoms with E-state index in [9.17, 15) is 15.0 Å². The quantitative estimate of drug-likeness (QED) is 0.656. The fraction of sp³-hybridized carbons (Fsp3) is 0.118. The zero-order valence-electron chi connectivity index (χ0n) is 12.2. The van der Waals surface area contributed by atoms with Crippen LogP contribution in [-0.2, 0) is 4.79 Å². The van der Waals surface area contributed by atoms with Gasteiger partial charge in [-0.25, -0.2) is 0 Å². The van der Waals surface area contributed by atoms with Crippen molar-refractivity contribution >= 4 is 11.9 Å². The van der Waals surface area contributed by atoms with Crippen LogP contribution in [0.1, 0.15) is 11.1 Å². The monoisotopic (exact) mass is 300 g/mol. The van der Waals surface area contributed by atoms with E-state index in [-0.39, 0.29) is 11.5 Å². The molecule has 0 aliphatic heterocycles. The molecule has 2 rings (SSSR count). The molecule has 0 aliphatic carbocycles. The minimum Gasteiger partial charge on any atom is -0.504 e. The Kier molecular flexibility index (Phi) is 4.68. The van der Waals surface area contributed by atoms with Crippen LogP contribution in [-0.4, -0.2) is 30.7 Å². The van der Waals surface area contributed by atoms with Crippen LogP contribution in [0.2, 0.25) is 0 Å². The van der Waals surface area contributed by atoms with Gasteiger partial charge in [0.1, 0.15) is 6.29 Å². The van der Waals surface area contributed by atoms with Crippen LogP contribution in [0.4, 0.5) is 0 Å². The molecule has 114 valence electrons. The minimum atomic E-state index is 0.0139. The molecule has 2 aromatic carbocycles. The third kappa shape index (κ3) is 3.03. The zero-order valence-corrected chi connectivity index (χ0v) is 12.2. The summed E-state index contributed by atoms with van der Waals surface area (Å²) in [5, 5.41) is 19.3. The molecule has 0 bridgehead atoms. The number of aromatic hydroxyl groups is 2. The average Bonchev–Trinajstić information content (AvgIpc) is 2.54. The number of carbonyl (C=O) groups is 1. The van der Waals surface area contributed by atoms with E-state index in [1.54, 1.807) is 24.3 Å². The summed E-state index contributed by atoms with van der Waals surface area (Å²) in [7, 11) is 2.90. The predicted octanol–water partition coefficient (Wildman–Crippen LogP) is 2.75. The van der Waals surface area contributed by atoms with Gasteiger partial charge in [0.05, 0.1) is 14.2 Å². The van der Waals surface area contributed by atoms with E-state index >= 15 is 0 Å². The van der Waals surface area contributed by atoms with E-state index in [0.29, 0.717) is 34.5 Å². The lowest BCUT2D eigenvalue weighted by atomic mass is 9.97. The van der Waals surface area contributed by atoms with Crippen molar-refractivity contribution < 1.29 is 24.5 Å². The van der Waals surface area contributed by atoms with Crippen molar-refractivity contribution in [3.8, 4) is 23.0 Å². The highest BCUT2D eigenvalue weighted by Crippen LogP contribution is 2.35. The van der Waals surface area contributed by atoms with Crippen molar-refractivity contribution in [2.75, 3.05) is 14.2 Å². The van der Waals surface area contributed by atoms with Crippen LogP contribution in [0.5, 0.6) is 23.0 Å². The van der Waals surface area contributed by atoms with Gasteiger partial charge in [0.2, 0.25) is 0 Å². The molecule has 2 N–H and O–H groups in total. The van der Waals surface area contributed by atoms with Gasteiger partial charge in [0.25, 0.3) is 0 Å². The number of hydrogen-bond donors (Lipinski definition) is 2. The van der Waals surface area contributed by atoms with Gasteiger partial charge >= 0.3 is 0 Å². The second kappa shape index (κ2) is 6.67. The summed E-state index contributed by atoms with van der Waals surface area (Å²) < 4.78 is 10.2. The topological polar surface area (TPSA) is 76.0 Å². The van der Waals surface area contributed by atoms with Gasteiger partial charge in [-0.15, -0.1) is 0 Å². The highest BCUT2D eigenvalue weighted by molar-refractivity contribution is 5.90. The lowest BCUT2D eigenvalue weighted by Gasteiger charge is -2.12. The smallest absolute Gasteiger partial charge is 0.161 e. The van der Waals surface area contributed by atoms with Crippen molar-refractivity contribution in [3.63, 3.8) is 0 Å². The second-order valence-electron chi connectivity index (χ2n) is 4.49. The number of carbonyl (C=O) groups excluding carboxylic acids is 1. The van der Waals surface area contributed by atoms with Crippen molar-refractivity contribution in [1.29, 1.82) is 0 Å². The number of hydrogen-bond acceptors (Lipinski definition) is 5. The van der Waals surface area contributed by atoms with Crippen LogP contribution >= 0.6 is 0 Å². The molecule has 0 unspecified atom stereocenters. The molecule has 0 aliphatic rings. The van der Waals surface area contributed by atoms with Crippen LogP contribution < -0.4 is 9.47 Å². The number of methoxy groups -OCH3 is 2. The number of phenols is 2. The Morgan fingerprint density at radius 3 is 1.73 bits per heavy atom. The Labute approximate surface area is 128 Å². The first-order valence-corrected chi connectivity index (χ1v) is 6.51. The number of benzene rings is 2. The molecule has 0 aromatic heterocycles. The summed E-state index contributed by atoms with van der Waals surface area (Å²) in [5.74, 6) is 0.639. The first-order valence-electron chi connectivity index (χ1n) is 6.51. The van der Waals surface area contributed by atoms with E-state index in [4.69, 9.17) is 9.47 Å². The SMILES string of the molecule is COc1cc(C(=CC=O)c2ccc(O)c(OC)c2)ccc1O. The van der Waals surface area contributed by atoms with Crippen LogP contribution in [0.25, 0.3) is 5.57 Å². The summed E-state index contributed by atoms with van der Waals surface area (Å²) >= 11 is 0. The molecule has 2 aromatic rings. The Morgan fingerprint density at radius 1 is 0.909 bits per heavy atom. The van der Waals surface area contributed by atoms with Crippen LogP contribution in [0, 0.1) is 0 Å². The first kappa shape index (κ1) is 15.4. The molecule has 0 saturated carbocycles. The van der Waals surface area contributed by atoms with Gasteiger partial charge < -0.3 is 19.7 Å². The summed E-state index contributed by atoms with van der Waals surface area (Å²) in [6, 6.07) is 9.59. The molecular weight excluding hydrogens is 284 g/mol. The number of rotatable bonds is 5. The predicted molar refractivity (Wildman–Crippen MR) is 82.5 cm³/mol. The first-order chi connectivity index (χ1) is 10.6. The number of allylic oxidation sites excluding steroid dienone is 1. The fourth-order valence-corrected chi connectivity index (χ4v) is 2.12. The molecular formula is C17H16O5. The number of phenolic OH excluding ortho intramolecular Hbond substituents is 2. The van der Waals surface area contributed by atoms with Gasteiger partial charge in [-0.2, -0.15) is 0 Å². The van der Waals surface area contributed by atoms with Crippen molar-refractivity contribution in [2.45, 2.75) is 0 Å². The highest BCUT2D eigenvalue weighted by atomic mass is 16.5. The van der Waals surface area contributed by atoms with Crippen molar-refractivity contribution in [2.24, 2.45) is 0 Å². The lowest BCUT2D eigenvalue weighted by molar-refractivity contribution is -0.104. The van der Waals surface area contributed by atoms with E-state index in [0.717, 1.165) is 0 Å². The van der Waals surface area contributed by atoms with E-state index in [1.165, 1.54) is 32.4 Å². The van der Waals surface area contributed by atoms with Gasteiger partial charge in [0, 0.05) is 0 Å². The van der Waals surface area contributed by atoms with Gasteiger partial charge in [-0.05, 0) is 47.0 Å². The lowest BCUT2D eigenvalue weighted by Crippen LogP contribution is -1.93. The van der Waals surface area contributed by atoms with Gasteiger partial charge in [0.15, 0.2) is 23.0 Å². The van der Waals surface area contributed by atoms with E-state index in [1.807, 2.05) is 0 Å². The molecule has 0 fully saturated rings. The molecule has 0 atom stereocenters. The van der Waals surface area contributed by atoms with Crippen LogP contribution in [0.15, 0.2) is 42.5 Å². The Morgan fingerprint density at radius 2 is 1.36 bits per heavy atom. The summed E-state index contributed by atoms with van der Waals surface area (Å²) in [6.45, 7) is 0. The zero-order chi connectivity index (χ0) is 16.1. The molecule has 22 heavy (non-hydrogen) atoms. The molecule has 0 radical (unpaired) electrons. The van der Waals surface area contributed by atoms with Gasteiger partial charge in [-0.1, -0.05) is 12.1 Å². The third-order valence-electron chi connectivity index (χ3n) is 3.22. The normalized spacial score (nSPS) is 9.91. The average molecular weight is 300 g/mol. The molecule has 0 spiro atoms. The van der Waals surface area contributed by atoms with Crippen molar-refractivity contribution in [1.82, 2.24) is 0 Å². The maximum atomic E-state index is 11.0. The molecule has 0 saturated heterocycles. The molecule has 0 heterocycles. The molecule has 5 heteroatoms. The third-order valence-corrected chi connectivity index (χ3v) is 3.22. The Hall–Kier alpha value is -2.95. The standard InChI is InChI=1S/C17H16O5/c1-21-16-9-11(3-5-14(16)19)13(7-8-18)12-4-6-15(20)17(10-12)22-2/h3-10,19-20H,1-2H3. The van der Waals surface area contributed by atoms with Crippen molar-refractivity contribution in [3.05, 3.63) is 53.6 Å². The van der Waals surface area contributed by atoms with E-state index < -0.39 is 0 Å². The van der Waals surface area contributed by atoms with Crippen LogP contribution in [0.3, 0.4) is 0 Å². The minimum absolute atomic E-state index is 0.0139. The van der Waals surface area contributed by atoms with Gasteiger partial charge in [-0.3, -0.25) is 4.79 Å². The fourth-order valence-electron chi connectivity index (χ4n) is 2.12. The summed E-state index contributed by atoms with van der Waals surface area (Å²) in [6.07, 6.45) is 2.08. The number of aldehydes is 1. The molecule has 0 amide bonds. The maximum Gasteiger partial charge on any atom is 0.161 e. The Bertz CT molecular complexity index is 663. The number of ether oxygens (including phenoxy) is 2.